The van der Waals surface area contributed by atoms with Gasteiger partial charge in [-0.2, -0.15) is 0 Å². The highest BCUT2D eigenvalue weighted by atomic mass is 127. The van der Waals surface area contributed by atoms with E-state index in [1.54, 1.807) is 0 Å². The van der Waals surface area contributed by atoms with E-state index in [0.29, 0.717) is 13.0 Å². The maximum atomic E-state index is 11.7. The van der Waals surface area contributed by atoms with E-state index in [-0.39, 0.29) is 29.9 Å². The summed E-state index contributed by atoms with van der Waals surface area (Å²) < 4.78 is 0. The number of halogens is 1. The third-order valence-electron chi connectivity index (χ3n) is 3.86. The first-order chi connectivity index (χ1) is 11.3. The predicted molar refractivity (Wildman–Crippen MR) is 111 cm³/mol. The maximum absolute atomic E-state index is 11.7. The van der Waals surface area contributed by atoms with Gasteiger partial charge in [0, 0.05) is 31.7 Å². The number of amides is 1. The normalized spacial score (nSPS) is 14.7. The summed E-state index contributed by atoms with van der Waals surface area (Å²) in [7, 11) is 0. The Hall–Kier alpha value is -1.31. The van der Waals surface area contributed by atoms with Crippen molar-refractivity contribution >= 4 is 41.5 Å². The average Bonchev–Trinajstić information content (AvgIpc) is 2.61. The lowest BCUT2D eigenvalue weighted by Crippen LogP contribution is -2.40. The fraction of sp³-hybridized carbons (Fsp3) is 0.556. The van der Waals surface area contributed by atoms with Crippen LogP contribution in [0.15, 0.2) is 35.3 Å². The van der Waals surface area contributed by atoms with E-state index in [4.69, 9.17) is 0 Å². The van der Waals surface area contributed by atoms with Gasteiger partial charge in [-0.25, -0.2) is 0 Å². The fourth-order valence-corrected chi connectivity index (χ4v) is 2.59. The fourth-order valence-electron chi connectivity index (χ4n) is 2.59. The van der Waals surface area contributed by atoms with E-state index < -0.39 is 0 Å². The molecule has 1 heterocycles. The summed E-state index contributed by atoms with van der Waals surface area (Å²) in [5.74, 6) is 0.965. The number of nitrogens with zero attached hydrogens (tertiary/aromatic N) is 2. The van der Waals surface area contributed by atoms with Crippen molar-refractivity contribution in [2.24, 2.45) is 4.99 Å². The summed E-state index contributed by atoms with van der Waals surface area (Å²) in [5, 5.41) is 6.30. The first-order valence-electron chi connectivity index (χ1n) is 8.67. The van der Waals surface area contributed by atoms with Gasteiger partial charge in [0.25, 0.3) is 0 Å². The van der Waals surface area contributed by atoms with Crippen molar-refractivity contribution in [1.29, 1.82) is 0 Å². The number of guanidine groups is 1. The van der Waals surface area contributed by atoms with Gasteiger partial charge >= 0.3 is 0 Å². The molecule has 0 atom stereocenters. The molecule has 134 valence electrons. The molecule has 0 aliphatic carbocycles. The van der Waals surface area contributed by atoms with Crippen LogP contribution >= 0.6 is 24.0 Å². The average molecular weight is 444 g/mol. The summed E-state index contributed by atoms with van der Waals surface area (Å²) in [6, 6.07) is 10.1. The molecule has 2 rings (SSSR count). The third-order valence-corrected chi connectivity index (χ3v) is 3.86. The standard InChI is InChI=1S/C18H28N4O.HI/c1-2-12-19-17(23)11-13-20-18(22-14-7-4-8-15-22)21-16-9-5-3-6-10-16;/h3,5-6,9-10H,2,4,7-8,11-15H2,1H3,(H,19,23)(H,20,21);1H. The first kappa shape index (κ1) is 20.7. The number of benzene rings is 1. The highest BCUT2D eigenvalue weighted by Crippen LogP contribution is 2.12. The first-order valence-corrected chi connectivity index (χ1v) is 8.67. The van der Waals surface area contributed by atoms with Crippen molar-refractivity contribution in [3.8, 4) is 0 Å². The highest BCUT2D eigenvalue weighted by Gasteiger charge is 2.15. The van der Waals surface area contributed by atoms with Crippen molar-refractivity contribution in [2.45, 2.75) is 39.0 Å². The molecule has 0 aromatic heterocycles. The van der Waals surface area contributed by atoms with Crippen LogP contribution in [0.5, 0.6) is 0 Å². The van der Waals surface area contributed by atoms with Gasteiger partial charge in [-0.1, -0.05) is 25.1 Å². The maximum Gasteiger partial charge on any atom is 0.221 e. The van der Waals surface area contributed by atoms with E-state index in [9.17, 15) is 4.79 Å². The molecule has 0 bridgehead atoms. The second kappa shape index (κ2) is 12.1. The Morgan fingerprint density at radius 2 is 1.88 bits per heavy atom. The molecular formula is C18H29IN4O. The Balaban J connectivity index is 0.00000288. The van der Waals surface area contributed by atoms with Crippen molar-refractivity contribution < 1.29 is 4.79 Å². The van der Waals surface area contributed by atoms with Crippen LogP contribution in [0.2, 0.25) is 0 Å². The number of nitrogens with one attached hydrogen (secondary N) is 2. The molecule has 5 nitrogen and oxygen atoms in total. The van der Waals surface area contributed by atoms with Crippen LogP contribution < -0.4 is 10.6 Å². The van der Waals surface area contributed by atoms with E-state index >= 15 is 0 Å². The second-order valence-corrected chi connectivity index (χ2v) is 5.84. The summed E-state index contributed by atoms with van der Waals surface area (Å²) in [5.41, 5.74) is 1.03. The van der Waals surface area contributed by atoms with Crippen LogP contribution in [0.25, 0.3) is 0 Å². The molecule has 1 amide bonds. The molecule has 0 spiro atoms. The third kappa shape index (κ3) is 7.51. The van der Waals surface area contributed by atoms with E-state index in [1.165, 1.54) is 19.3 Å². The minimum Gasteiger partial charge on any atom is -0.356 e. The molecule has 1 saturated heterocycles. The SMILES string of the molecule is CCCNC(=O)CCN=C(Nc1ccccc1)N1CCCCC1.I. The Morgan fingerprint density at radius 3 is 2.54 bits per heavy atom. The van der Waals surface area contributed by atoms with Crippen LogP contribution in [0.1, 0.15) is 39.0 Å². The number of carbonyl (C=O) groups is 1. The summed E-state index contributed by atoms with van der Waals surface area (Å²) in [4.78, 5) is 18.7. The number of hydrogen-bond donors (Lipinski definition) is 2. The van der Waals surface area contributed by atoms with Gasteiger partial charge in [-0.15, -0.1) is 24.0 Å². The summed E-state index contributed by atoms with van der Waals surface area (Å²) in [6.45, 7) is 5.36. The number of piperidine rings is 1. The van der Waals surface area contributed by atoms with Crippen LogP contribution in [-0.4, -0.2) is 42.9 Å². The zero-order chi connectivity index (χ0) is 16.3. The van der Waals surface area contributed by atoms with Gasteiger partial charge in [0.1, 0.15) is 0 Å². The van der Waals surface area contributed by atoms with Crippen molar-refractivity contribution in [3.05, 3.63) is 30.3 Å². The molecule has 1 aliphatic rings. The molecule has 0 radical (unpaired) electrons. The molecule has 1 fully saturated rings. The van der Waals surface area contributed by atoms with Crippen LogP contribution in [-0.2, 0) is 4.79 Å². The molecule has 2 N–H and O–H groups in total. The molecule has 6 heteroatoms. The lowest BCUT2D eigenvalue weighted by molar-refractivity contribution is -0.120. The smallest absolute Gasteiger partial charge is 0.221 e. The Labute approximate surface area is 162 Å². The Bertz CT molecular complexity index is 501. The molecule has 1 aromatic rings. The lowest BCUT2D eigenvalue weighted by atomic mass is 10.1. The molecule has 1 aliphatic heterocycles. The van der Waals surface area contributed by atoms with Crippen molar-refractivity contribution in [2.75, 3.05) is 31.5 Å². The van der Waals surface area contributed by atoms with E-state index in [2.05, 4.69) is 27.4 Å². The minimum absolute atomic E-state index is 0. The quantitative estimate of drug-likeness (QED) is 0.402. The number of anilines is 1. The second-order valence-electron chi connectivity index (χ2n) is 5.84. The molecular weight excluding hydrogens is 415 g/mol. The van der Waals surface area contributed by atoms with Crippen molar-refractivity contribution in [1.82, 2.24) is 10.2 Å². The van der Waals surface area contributed by atoms with Crippen LogP contribution in [0.3, 0.4) is 0 Å². The number of aliphatic imine (C=N–C) groups is 1. The predicted octanol–water partition coefficient (Wildman–Crippen LogP) is 3.47. The monoisotopic (exact) mass is 444 g/mol. The van der Waals surface area contributed by atoms with Gasteiger partial charge in [0.15, 0.2) is 5.96 Å². The van der Waals surface area contributed by atoms with Gasteiger partial charge in [0.05, 0.1) is 6.54 Å². The van der Waals surface area contributed by atoms with Crippen LogP contribution in [0, 0.1) is 0 Å². The number of para-hydroxylation sites is 1. The molecule has 1 aromatic carbocycles. The van der Waals surface area contributed by atoms with Gasteiger partial charge < -0.3 is 15.5 Å². The van der Waals surface area contributed by atoms with Crippen LogP contribution in [0.4, 0.5) is 5.69 Å². The molecule has 24 heavy (non-hydrogen) atoms. The topological polar surface area (TPSA) is 56.7 Å². The summed E-state index contributed by atoms with van der Waals surface area (Å²) >= 11 is 0. The molecule has 0 saturated carbocycles. The number of hydrogen-bond acceptors (Lipinski definition) is 2. The van der Waals surface area contributed by atoms with E-state index in [1.807, 2.05) is 30.3 Å². The Morgan fingerprint density at radius 1 is 1.17 bits per heavy atom. The zero-order valence-corrected chi connectivity index (χ0v) is 16.8. The zero-order valence-electron chi connectivity index (χ0n) is 14.5. The van der Waals surface area contributed by atoms with E-state index in [0.717, 1.165) is 37.7 Å². The lowest BCUT2D eigenvalue weighted by Gasteiger charge is -2.30. The van der Waals surface area contributed by atoms with Gasteiger partial charge in [0.2, 0.25) is 5.91 Å². The Kier molecular flexibility index (Phi) is 10.5. The van der Waals surface area contributed by atoms with Crippen molar-refractivity contribution in [3.63, 3.8) is 0 Å². The van der Waals surface area contributed by atoms with Gasteiger partial charge in [-0.05, 0) is 37.8 Å². The molecule has 0 unspecified atom stereocenters. The number of rotatable bonds is 6. The minimum atomic E-state index is 0. The summed E-state index contributed by atoms with van der Waals surface area (Å²) in [6.07, 6.45) is 5.09. The van der Waals surface area contributed by atoms with Gasteiger partial charge in [-0.3, -0.25) is 9.79 Å². The largest absolute Gasteiger partial charge is 0.356 e. The number of likely N-dealkylation sites (tertiary alicyclic amines) is 1. The number of carbonyl (C=O) groups excluding carboxylic acids is 1. The highest BCUT2D eigenvalue weighted by molar-refractivity contribution is 14.0.